The van der Waals surface area contributed by atoms with Crippen molar-refractivity contribution in [2.45, 2.75) is 26.6 Å². The number of carbonyl (C=O) groups is 1. The third-order valence-electron chi connectivity index (χ3n) is 5.03. The van der Waals surface area contributed by atoms with Crippen LogP contribution in [0.1, 0.15) is 16.7 Å². The first-order valence-electron chi connectivity index (χ1n) is 9.70. The number of thiophene rings is 1. The third kappa shape index (κ3) is 4.47. The Bertz CT molecular complexity index is 1370. The molecule has 0 aliphatic heterocycles. The molecular formula is C23H20ClN3O3S. The number of nitrogens with one attached hydrogen (secondary N) is 1. The van der Waals surface area contributed by atoms with E-state index in [1.165, 1.54) is 15.9 Å². The van der Waals surface area contributed by atoms with Crippen molar-refractivity contribution in [3.05, 3.63) is 103 Å². The molecule has 4 rings (SSSR count). The molecule has 0 atom stereocenters. The Kier molecular flexibility index (Phi) is 6.06. The summed E-state index contributed by atoms with van der Waals surface area (Å²) in [6.07, 6.45) is 0. The maximum Gasteiger partial charge on any atom is 0.332 e. The minimum atomic E-state index is -0.540. The van der Waals surface area contributed by atoms with Crippen molar-refractivity contribution in [2.75, 3.05) is 0 Å². The summed E-state index contributed by atoms with van der Waals surface area (Å²) in [5.74, 6) is -0.307. The standard InChI is InChI=1S/C23H20ClN3O3S/c1-15-6-8-16(9-7-15)12-25-20(28)14-26-19-10-11-31-21(19)22(29)27(23(26)30)13-17-4-2-3-5-18(17)24/h2-11H,12-14H2,1H3,(H,25,28). The van der Waals surface area contributed by atoms with Crippen molar-refractivity contribution in [3.63, 3.8) is 0 Å². The Balaban J connectivity index is 1.64. The summed E-state index contributed by atoms with van der Waals surface area (Å²) in [6.45, 7) is 2.22. The highest BCUT2D eigenvalue weighted by Gasteiger charge is 2.17. The monoisotopic (exact) mass is 453 g/mol. The zero-order valence-electron chi connectivity index (χ0n) is 16.8. The molecule has 0 aliphatic rings. The van der Waals surface area contributed by atoms with Crippen LogP contribution in [0.15, 0.2) is 69.6 Å². The summed E-state index contributed by atoms with van der Waals surface area (Å²) >= 11 is 7.47. The first-order valence-corrected chi connectivity index (χ1v) is 11.0. The normalized spacial score (nSPS) is 11.0. The minimum Gasteiger partial charge on any atom is -0.350 e. The van der Waals surface area contributed by atoms with Crippen LogP contribution in [-0.2, 0) is 24.4 Å². The van der Waals surface area contributed by atoms with Crippen LogP contribution in [0.3, 0.4) is 0 Å². The molecule has 6 nitrogen and oxygen atoms in total. The van der Waals surface area contributed by atoms with E-state index in [2.05, 4.69) is 5.32 Å². The minimum absolute atomic E-state index is 0.0379. The lowest BCUT2D eigenvalue weighted by Gasteiger charge is -2.13. The molecule has 0 fully saturated rings. The fraction of sp³-hybridized carbons (Fsp3) is 0.174. The van der Waals surface area contributed by atoms with Crippen molar-refractivity contribution < 1.29 is 4.79 Å². The SMILES string of the molecule is Cc1ccc(CNC(=O)Cn2c(=O)n(Cc3ccccc3Cl)c(=O)c3sccc32)cc1. The molecule has 2 heterocycles. The maximum absolute atomic E-state index is 13.2. The number of benzene rings is 2. The van der Waals surface area contributed by atoms with Gasteiger partial charge in [-0.2, -0.15) is 0 Å². The van der Waals surface area contributed by atoms with E-state index in [0.29, 0.717) is 27.3 Å². The van der Waals surface area contributed by atoms with E-state index < -0.39 is 5.69 Å². The topological polar surface area (TPSA) is 73.1 Å². The van der Waals surface area contributed by atoms with Gasteiger partial charge in [-0.3, -0.25) is 18.7 Å². The number of rotatable bonds is 6. The predicted molar refractivity (Wildman–Crippen MR) is 124 cm³/mol. The Morgan fingerprint density at radius 3 is 2.52 bits per heavy atom. The van der Waals surface area contributed by atoms with Crippen LogP contribution in [0.25, 0.3) is 10.2 Å². The summed E-state index contributed by atoms with van der Waals surface area (Å²) in [5, 5.41) is 5.06. The second-order valence-corrected chi connectivity index (χ2v) is 8.57. The molecule has 4 aromatic rings. The molecule has 0 saturated carbocycles. The molecule has 8 heteroatoms. The van der Waals surface area contributed by atoms with E-state index in [0.717, 1.165) is 15.7 Å². The summed E-state index contributed by atoms with van der Waals surface area (Å²) in [6, 6.07) is 16.6. The third-order valence-corrected chi connectivity index (χ3v) is 6.30. The summed E-state index contributed by atoms with van der Waals surface area (Å²) in [5.41, 5.74) is 2.31. The van der Waals surface area contributed by atoms with E-state index >= 15 is 0 Å². The van der Waals surface area contributed by atoms with Crippen LogP contribution in [0.5, 0.6) is 0 Å². The Morgan fingerprint density at radius 1 is 1.03 bits per heavy atom. The van der Waals surface area contributed by atoms with E-state index in [1.54, 1.807) is 35.7 Å². The van der Waals surface area contributed by atoms with Gasteiger partial charge in [0, 0.05) is 11.6 Å². The fourth-order valence-corrected chi connectivity index (χ4v) is 4.37. The van der Waals surface area contributed by atoms with Gasteiger partial charge in [0.25, 0.3) is 5.56 Å². The smallest absolute Gasteiger partial charge is 0.332 e. The molecule has 1 N–H and O–H groups in total. The largest absolute Gasteiger partial charge is 0.350 e. The van der Waals surface area contributed by atoms with Gasteiger partial charge in [-0.25, -0.2) is 4.79 Å². The number of nitrogens with zero attached hydrogens (tertiary/aromatic N) is 2. The molecule has 2 aromatic heterocycles. The Hall–Kier alpha value is -3.16. The van der Waals surface area contributed by atoms with Gasteiger partial charge in [0.05, 0.1) is 12.1 Å². The molecule has 0 radical (unpaired) electrons. The van der Waals surface area contributed by atoms with E-state index in [9.17, 15) is 14.4 Å². The first kappa shape index (κ1) is 21.1. The molecule has 0 bridgehead atoms. The number of aryl methyl sites for hydroxylation is 1. The Labute approximate surface area is 187 Å². The van der Waals surface area contributed by atoms with Gasteiger partial charge in [-0.1, -0.05) is 59.6 Å². The molecule has 1 amide bonds. The number of amides is 1. The number of aromatic nitrogens is 2. The van der Waals surface area contributed by atoms with Crippen LogP contribution < -0.4 is 16.6 Å². The molecule has 31 heavy (non-hydrogen) atoms. The maximum atomic E-state index is 13.2. The van der Waals surface area contributed by atoms with Crippen LogP contribution in [0, 0.1) is 6.92 Å². The highest BCUT2D eigenvalue weighted by Crippen LogP contribution is 2.18. The quantitative estimate of drug-likeness (QED) is 0.485. The summed E-state index contributed by atoms with van der Waals surface area (Å²) in [7, 11) is 0. The molecule has 2 aromatic carbocycles. The number of fused-ring (bicyclic) bond motifs is 1. The van der Waals surface area contributed by atoms with Crippen molar-refractivity contribution >= 4 is 39.1 Å². The highest BCUT2D eigenvalue weighted by atomic mass is 35.5. The molecule has 0 saturated heterocycles. The lowest BCUT2D eigenvalue weighted by Crippen LogP contribution is -2.42. The lowest BCUT2D eigenvalue weighted by atomic mass is 10.1. The van der Waals surface area contributed by atoms with Crippen molar-refractivity contribution in [3.8, 4) is 0 Å². The first-order chi connectivity index (χ1) is 14.9. The van der Waals surface area contributed by atoms with E-state index in [4.69, 9.17) is 11.6 Å². The molecule has 0 aliphatic carbocycles. The number of hydrogen-bond acceptors (Lipinski definition) is 4. The van der Waals surface area contributed by atoms with Crippen molar-refractivity contribution in [1.29, 1.82) is 0 Å². The van der Waals surface area contributed by atoms with Gasteiger partial charge in [0.15, 0.2) is 0 Å². The van der Waals surface area contributed by atoms with Crippen molar-refractivity contribution in [1.82, 2.24) is 14.5 Å². The second kappa shape index (κ2) is 8.91. The molecule has 0 unspecified atom stereocenters. The van der Waals surface area contributed by atoms with Crippen LogP contribution in [-0.4, -0.2) is 15.0 Å². The Morgan fingerprint density at radius 2 is 1.77 bits per heavy atom. The summed E-state index contributed by atoms with van der Waals surface area (Å²) in [4.78, 5) is 38.7. The van der Waals surface area contributed by atoms with Gasteiger partial charge in [0.1, 0.15) is 11.2 Å². The fourth-order valence-electron chi connectivity index (χ4n) is 3.33. The van der Waals surface area contributed by atoms with Gasteiger partial charge >= 0.3 is 5.69 Å². The van der Waals surface area contributed by atoms with Gasteiger partial charge in [-0.05, 0) is 35.6 Å². The number of hydrogen-bond donors (Lipinski definition) is 1. The van der Waals surface area contributed by atoms with Gasteiger partial charge < -0.3 is 5.32 Å². The van der Waals surface area contributed by atoms with Crippen molar-refractivity contribution in [2.24, 2.45) is 0 Å². The van der Waals surface area contributed by atoms with Crippen LogP contribution in [0.4, 0.5) is 0 Å². The van der Waals surface area contributed by atoms with Crippen LogP contribution >= 0.6 is 22.9 Å². The predicted octanol–water partition coefficient (Wildman–Crippen LogP) is 3.55. The molecular weight excluding hydrogens is 434 g/mol. The van der Waals surface area contributed by atoms with E-state index in [1.807, 2.05) is 31.2 Å². The van der Waals surface area contributed by atoms with Gasteiger partial charge in [-0.15, -0.1) is 11.3 Å². The molecule has 0 spiro atoms. The number of carbonyl (C=O) groups excluding carboxylic acids is 1. The highest BCUT2D eigenvalue weighted by molar-refractivity contribution is 7.17. The van der Waals surface area contributed by atoms with Crippen LogP contribution in [0.2, 0.25) is 5.02 Å². The van der Waals surface area contributed by atoms with Gasteiger partial charge in [0.2, 0.25) is 5.91 Å². The zero-order valence-corrected chi connectivity index (χ0v) is 18.4. The second-order valence-electron chi connectivity index (χ2n) is 7.25. The average Bonchev–Trinajstić information content (AvgIpc) is 3.25. The lowest BCUT2D eigenvalue weighted by molar-refractivity contribution is -0.121. The number of halogens is 1. The summed E-state index contributed by atoms with van der Waals surface area (Å²) < 4.78 is 2.90. The average molecular weight is 454 g/mol. The zero-order chi connectivity index (χ0) is 22.0. The van der Waals surface area contributed by atoms with E-state index in [-0.39, 0.29) is 24.6 Å². The molecule has 158 valence electrons.